The maximum atomic E-state index is 5.60. The second kappa shape index (κ2) is 5.28. The van der Waals surface area contributed by atoms with Gasteiger partial charge >= 0.3 is 0 Å². The molecular formula is C8H11Cl2N. The average Bonchev–Trinajstić information content (AvgIpc) is 2.02. The highest BCUT2D eigenvalue weighted by Crippen LogP contribution is 2.23. The molecule has 0 saturated heterocycles. The van der Waals surface area contributed by atoms with Crippen LogP contribution < -0.4 is 5.73 Å². The van der Waals surface area contributed by atoms with Crippen LogP contribution in [0.3, 0.4) is 0 Å². The predicted octanol–water partition coefficient (Wildman–Crippen LogP) is 3.60. The standard InChI is InChI=1S/C6H5Cl2N.C2H6/c7-5-2-1-4(9)3-6(5)8;1-2/h1-3H,9H2;1-2H3. The van der Waals surface area contributed by atoms with Crippen LogP contribution in [0.2, 0.25) is 10.0 Å². The minimum absolute atomic E-state index is 0.497. The van der Waals surface area contributed by atoms with E-state index in [1.54, 1.807) is 18.2 Å². The monoisotopic (exact) mass is 191 g/mol. The van der Waals surface area contributed by atoms with Crippen molar-refractivity contribution in [1.29, 1.82) is 0 Å². The molecule has 0 bridgehead atoms. The van der Waals surface area contributed by atoms with Gasteiger partial charge in [-0.1, -0.05) is 37.0 Å². The molecule has 0 spiro atoms. The summed E-state index contributed by atoms with van der Waals surface area (Å²) in [5, 5.41) is 1.03. The Morgan fingerprint density at radius 2 is 1.64 bits per heavy atom. The minimum atomic E-state index is 0.497. The topological polar surface area (TPSA) is 26.0 Å². The fourth-order valence-corrected chi connectivity index (χ4v) is 0.819. The highest BCUT2D eigenvalue weighted by Gasteiger charge is 1.94. The summed E-state index contributed by atoms with van der Waals surface area (Å²) in [4.78, 5) is 0. The van der Waals surface area contributed by atoms with E-state index in [4.69, 9.17) is 28.9 Å². The van der Waals surface area contributed by atoms with Crippen LogP contribution in [0.15, 0.2) is 18.2 Å². The van der Waals surface area contributed by atoms with E-state index in [0.29, 0.717) is 15.7 Å². The van der Waals surface area contributed by atoms with Gasteiger partial charge in [0, 0.05) is 5.69 Å². The number of nitrogens with two attached hydrogens (primary N) is 1. The predicted molar refractivity (Wildman–Crippen MR) is 52.2 cm³/mol. The summed E-state index contributed by atoms with van der Waals surface area (Å²) >= 11 is 11.2. The molecule has 0 aliphatic heterocycles. The first-order chi connectivity index (χ1) is 5.20. The fourth-order valence-electron chi connectivity index (χ4n) is 0.512. The Hall–Kier alpha value is -0.400. The average molecular weight is 192 g/mol. The molecule has 1 aromatic rings. The smallest absolute Gasteiger partial charge is 0.0612 e. The molecule has 0 aromatic heterocycles. The van der Waals surface area contributed by atoms with Crippen molar-refractivity contribution in [3.63, 3.8) is 0 Å². The molecule has 0 amide bonds. The minimum Gasteiger partial charge on any atom is -0.399 e. The van der Waals surface area contributed by atoms with Crippen molar-refractivity contribution in [2.75, 3.05) is 5.73 Å². The molecule has 0 heterocycles. The summed E-state index contributed by atoms with van der Waals surface area (Å²) in [5.41, 5.74) is 6.01. The molecule has 1 nitrogen and oxygen atoms in total. The van der Waals surface area contributed by atoms with E-state index in [-0.39, 0.29) is 0 Å². The normalized spacial score (nSPS) is 8.36. The lowest BCUT2D eigenvalue weighted by Crippen LogP contribution is -1.82. The van der Waals surface area contributed by atoms with Crippen molar-refractivity contribution in [2.24, 2.45) is 0 Å². The van der Waals surface area contributed by atoms with Crippen LogP contribution in [-0.4, -0.2) is 0 Å². The molecule has 0 aliphatic rings. The third-order valence-electron chi connectivity index (χ3n) is 0.944. The molecule has 1 aromatic carbocycles. The summed E-state index contributed by atoms with van der Waals surface area (Å²) in [6.07, 6.45) is 0. The Labute approximate surface area is 77.1 Å². The molecule has 0 unspecified atom stereocenters. The lowest BCUT2D eigenvalue weighted by Gasteiger charge is -1.94. The molecule has 11 heavy (non-hydrogen) atoms. The van der Waals surface area contributed by atoms with E-state index in [9.17, 15) is 0 Å². The SMILES string of the molecule is CC.Nc1ccc(Cl)c(Cl)c1. The van der Waals surface area contributed by atoms with Crippen molar-refractivity contribution in [3.05, 3.63) is 28.2 Å². The van der Waals surface area contributed by atoms with Gasteiger partial charge in [0.25, 0.3) is 0 Å². The number of anilines is 1. The van der Waals surface area contributed by atoms with E-state index in [1.807, 2.05) is 13.8 Å². The number of rotatable bonds is 0. The number of nitrogen functional groups attached to an aromatic ring is 1. The summed E-state index contributed by atoms with van der Waals surface area (Å²) < 4.78 is 0. The van der Waals surface area contributed by atoms with Gasteiger partial charge in [0.15, 0.2) is 0 Å². The summed E-state index contributed by atoms with van der Waals surface area (Å²) in [6, 6.07) is 4.98. The van der Waals surface area contributed by atoms with E-state index < -0.39 is 0 Å². The quantitative estimate of drug-likeness (QED) is 0.624. The Bertz CT molecular complexity index is 223. The molecule has 3 heteroatoms. The third-order valence-corrected chi connectivity index (χ3v) is 1.68. The first-order valence-electron chi connectivity index (χ1n) is 3.40. The first-order valence-corrected chi connectivity index (χ1v) is 4.16. The zero-order valence-electron chi connectivity index (χ0n) is 6.57. The van der Waals surface area contributed by atoms with E-state index in [2.05, 4.69) is 0 Å². The zero-order valence-corrected chi connectivity index (χ0v) is 8.08. The van der Waals surface area contributed by atoms with Crippen LogP contribution in [0.5, 0.6) is 0 Å². The van der Waals surface area contributed by atoms with Crippen LogP contribution in [0.4, 0.5) is 5.69 Å². The Kier molecular flexibility index (Phi) is 5.08. The lowest BCUT2D eigenvalue weighted by molar-refractivity contribution is 1.50. The van der Waals surface area contributed by atoms with Gasteiger partial charge < -0.3 is 5.73 Å². The van der Waals surface area contributed by atoms with Crippen LogP contribution in [0.25, 0.3) is 0 Å². The second-order valence-electron chi connectivity index (χ2n) is 1.67. The van der Waals surface area contributed by atoms with Gasteiger partial charge in [-0.25, -0.2) is 0 Å². The van der Waals surface area contributed by atoms with Crippen LogP contribution in [-0.2, 0) is 0 Å². The van der Waals surface area contributed by atoms with Gasteiger partial charge in [-0.2, -0.15) is 0 Å². The maximum absolute atomic E-state index is 5.60. The second-order valence-corrected chi connectivity index (χ2v) is 2.49. The van der Waals surface area contributed by atoms with Crippen molar-refractivity contribution < 1.29 is 0 Å². The van der Waals surface area contributed by atoms with Crippen LogP contribution >= 0.6 is 23.2 Å². The molecule has 2 N–H and O–H groups in total. The summed E-state index contributed by atoms with van der Waals surface area (Å²) in [6.45, 7) is 4.00. The Balaban J connectivity index is 0.000000461. The van der Waals surface area contributed by atoms with Gasteiger partial charge in [0.05, 0.1) is 10.0 Å². The van der Waals surface area contributed by atoms with E-state index in [0.717, 1.165) is 0 Å². The molecule has 0 radical (unpaired) electrons. The van der Waals surface area contributed by atoms with Gasteiger partial charge in [0.1, 0.15) is 0 Å². The summed E-state index contributed by atoms with van der Waals surface area (Å²) in [5.74, 6) is 0. The molecule has 0 fully saturated rings. The molecule has 62 valence electrons. The van der Waals surface area contributed by atoms with E-state index in [1.165, 1.54) is 0 Å². The van der Waals surface area contributed by atoms with Gasteiger partial charge in [0.2, 0.25) is 0 Å². The van der Waals surface area contributed by atoms with Crippen molar-refractivity contribution in [1.82, 2.24) is 0 Å². The van der Waals surface area contributed by atoms with Gasteiger partial charge in [-0.3, -0.25) is 0 Å². The van der Waals surface area contributed by atoms with Crippen LogP contribution in [0.1, 0.15) is 13.8 Å². The fraction of sp³-hybridized carbons (Fsp3) is 0.250. The van der Waals surface area contributed by atoms with Crippen molar-refractivity contribution in [2.45, 2.75) is 13.8 Å². The maximum Gasteiger partial charge on any atom is 0.0612 e. The number of halogens is 2. The summed E-state index contributed by atoms with van der Waals surface area (Å²) in [7, 11) is 0. The van der Waals surface area contributed by atoms with Crippen molar-refractivity contribution >= 4 is 28.9 Å². The van der Waals surface area contributed by atoms with Gasteiger partial charge in [-0.15, -0.1) is 0 Å². The third kappa shape index (κ3) is 3.49. The number of hydrogen-bond donors (Lipinski definition) is 1. The Morgan fingerprint density at radius 1 is 1.09 bits per heavy atom. The zero-order chi connectivity index (χ0) is 8.85. The molecule has 1 rings (SSSR count). The number of benzene rings is 1. The van der Waals surface area contributed by atoms with Gasteiger partial charge in [-0.05, 0) is 18.2 Å². The molecule has 0 saturated carbocycles. The van der Waals surface area contributed by atoms with Crippen LogP contribution in [0, 0.1) is 0 Å². The Morgan fingerprint density at radius 3 is 2.00 bits per heavy atom. The highest BCUT2D eigenvalue weighted by atomic mass is 35.5. The van der Waals surface area contributed by atoms with E-state index >= 15 is 0 Å². The highest BCUT2D eigenvalue weighted by molar-refractivity contribution is 6.42. The molecule has 0 aliphatic carbocycles. The molecule has 0 atom stereocenters. The van der Waals surface area contributed by atoms with Crippen molar-refractivity contribution in [3.8, 4) is 0 Å². The number of hydrogen-bond acceptors (Lipinski definition) is 1. The molecular weight excluding hydrogens is 181 g/mol. The first kappa shape index (κ1) is 10.6. The lowest BCUT2D eigenvalue weighted by atomic mass is 10.3. The largest absolute Gasteiger partial charge is 0.399 e.